The Balaban J connectivity index is 2.06. The van der Waals surface area contributed by atoms with Gasteiger partial charge in [-0.05, 0) is 34.5 Å². The topological polar surface area (TPSA) is 53.5 Å². The molecule has 0 spiro atoms. The van der Waals surface area contributed by atoms with Gasteiger partial charge in [0.05, 0.1) is 0 Å². The van der Waals surface area contributed by atoms with E-state index in [9.17, 15) is 9.59 Å². The van der Waals surface area contributed by atoms with Gasteiger partial charge in [0, 0.05) is 33.1 Å². The van der Waals surface area contributed by atoms with E-state index in [0.717, 1.165) is 6.42 Å². The van der Waals surface area contributed by atoms with E-state index < -0.39 is 0 Å². The molecule has 0 aromatic carbocycles. The van der Waals surface area contributed by atoms with E-state index in [1.54, 1.807) is 34.9 Å². The van der Waals surface area contributed by atoms with Crippen molar-refractivity contribution in [3.8, 4) is 0 Å². The number of nitrogens with zero attached hydrogens (tertiary/aromatic N) is 3. The van der Waals surface area contributed by atoms with Crippen molar-refractivity contribution >= 4 is 27.7 Å². The molecule has 0 bridgehead atoms. The normalized spacial score (nSPS) is 16.1. The smallest absolute Gasteiger partial charge is 0.272 e. The first-order valence-corrected chi connectivity index (χ1v) is 7.04. The number of pyridine rings is 1. The predicted octanol–water partition coefficient (Wildman–Crippen LogP) is 1.54. The van der Waals surface area contributed by atoms with Gasteiger partial charge in [-0.25, -0.2) is 4.98 Å². The van der Waals surface area contributed by atoms with E-state index in [-0.39, 0.29) is 11.8 Å². The number of amides is 2. The highest BCUT2D eigenvalue weighted by Gasteiger charge is 2.22. The summed E-state index contributed by atoms with van der Waals surface area (Å²) in [6.07, 6.45) is 0.805. The van der Waals surface area contributed by atoms with Gasteiger partial charge < -0.3 is 9.80 Å². The highest BCUT2D eigenvalue weighted by Crippen LogP contribution is 2.11. The molecule has 1 aliphatic heterocycles. The van der Waals surface area contributed by atoms with Gasteiger partial charge in [0.25, 0.3) is 5.91 Å². The fraction of sp³-hybridized carbons (Fsp3) is 0.462. The summed E-state index contributed by atoms with van der Waals surface area (Å²) in [7, 11) is 0. The summed E-state index contributed by atoms with van der Waals surface area (Å²) in [4.78, 5) is 31.4. The molecular formula is C13H16BrN3O2. The van der Waals surface area contributed by atoms with Crippen LogP contribution in [0.25, 0.3) is 0 Å². The average Bonchev–Trinajstić information content (AvgIpc) is 2.63. The maximum absolute atomic E-state index is 12.3. The lowest BCUT2D eigenvalue weighted by Crippen LogP contribution is -2.36. The molecular weight excluding hydrogens is 310 g/mol. The zero-order valence-corrected chi connectivity index (χ0v) is 12.4. The van der Waals surface area contributed by atoms with Gasteiger partial charge in [0.2, 0.25) is 5.91 Å². The average molecular weight is 326 g/mol. The molecule has 1 aliphatic rings. The molecule has 0 saturated carbocycles. The van der Waals surface area contributed by atoms with Gasteiger partial charge in [0.1, 0.15) is 10.3 Å². The van der Waals surface area contributed by atoms with Crippen LogP contribution >= 0.6 is 15.9 Å². The number of rotatable bonds is 1. The van der Waals surface area contributed by atoms with Crippen LogP contribution < -0.4 is 0 Å². The molecule has 0 N–H and O–H groups in total. The lowest BCUT2D eigenvalue weighted by atomic mass is 10.3. The Morgan fingerprint density at radius 1 is 1.16 bits per heavy atom. The predicted molar refractivity (Wildman–Crippen MR) is 74.7 cm³/mol. The van der Waals surface area contributed by atoms with Crippen LogP contribution in [-0.2, 0) is 4.79 Å². The third-order valence-electron chi connectivity index (χ3n) is 3.16. The van der Waals surface area contributed by atoms with E-state index in [0.29, 0.717) is 36.5 Å². The Bertz CT molecular complexity index is 493. The monoisotopic (exact) mass is 325 g/mol. The maximum atomic E-state index is 12.3. The molecule has 19 heavy (non-hydrogen) atoms. The minimum atomic E-state index is -0.0771. The Morgan fingerprint density at radius 2 is 1.84 bits per heavy atom. The molecule has 0 radical (unpaired) electrons. The summed E-state index contributed by atoms with van der Waals surface area (Å²) in [5.41, 5.74) is 0.436. The van der Waals surface area contributed by atoms with Gasteiger partial charge in [-0.3, -0.25) is 9.59 Å². The van der Waals surface area contributed by atoms with E-state index in [1.807, 2.05) is 0 Å². The maximum Gasteiger partial charge on any atom is 0.272 e. The SMILES string of the molecule is CC(=O)N1CCCN(C(=O)c2cccc(Br)n2)CC1. The number of carbonyl (C=O) groups is 2. The van der Waals surface area contributed by atoms with Gasteiger partial charge in [-0.2, -0.15) is 0 Å². The van der Waals surface area contributed by atoms with Crippen molar-refractivity contribution in [1.82, 2.24) is 14.8 Å². The number of hydrogen-bond donors (Lipinski definition) is 0. The van der Waals surface area contributed by atoms with Gasteiger partial charge >= 0.3 is 0 Å². The van der Waals surface area contributed by atoms with Crippen molar-refractivity contribution in [3.63, 3.8) is 0 Å². The second-order valence-electron chi connectivity index (χ2n) is 4.50. The van der Waals surface area contributed by atoms with Crippen molar-refractivity contribution in [3.05, 3.63) is 28.5 Å². The van der Waals surface area contributed by atoms with E-state index in [4.69, 9.17) is 0 Å². The van der Waals surface area contributed by atoms with Crippen LogP contribution in [0.3, 0.4) is 0 Å². The van der Waals surface area contributed by atoms with Crippen LogP contribution in [-0.4, -0.2) is 52.8 Å². The molecule has 2 rings (SSSR count). The van der Waals surface area contributed by atoms with E-state index >= 15 is 0 Å². The summed E-state index contributed by atoms with van der Waals surface area (Å²) in [6, 6.07) is 5.29. The second kappa shape index (κ2) is 6.14. The summed E-state index contributed by atoms with van der Waals surface area (Å²) in [5.74, 6) is -0.0124. The number of hydrogen-bond acceptors (Lipinski definition) is 3. The zero-order valence-electron chi connectivity index (χ0n) is 10.8. The highest BCUT2D eigenvalue weighted by molar-refractivity contribution is 9.10. The summed E-state index contributed by atoms with van der Waals surface area (Å²) < 4.78 is 0.651. The third-order valence-corrected chi connectivity index (χ3v) is 3.60. The van der Waals surface area contributed by atoms with Crippen molar-refractivity contribution in [2.24, 2.45) is 0 Å². The Kier molecular flexibility index (Phi) is 4.52. The molecule has 102 valence electrons. The number of halogens is 1. The first kappa shape index (κ1) is 14.0. The van der Waals surface area contributed by atoms with Crippen molar-refractivity contribution in [1.29, 1.82) is 0 Å². The molecule has 1 fully saturated rings. The number of aromatic nitrogens is 1. The van der Waals surface area contributed by atoms with Crippen molar-refractivity contribution in [2.45, 2.75) is 13.3 Å². The summed E-state index contributed by atoms with van der Waals surface area (Å²) in [6.45, 7) is 4.09. The fourth-order valence-electron chi connectivity index (χ4n) is 2.12. The molecule has 5 nitrogen and oxygen atoms in total. The minimum Gasteiger partial charge on any atom is -0.341 e. The molecule has 2 amide bonds. The van der Waals surface area contributed by atoms with Gasteiger partial charge in [-0.15, -0.1) is 0 Å². The van der Waals surface area contributed by atoms with Crippen LogP contribution in [0.15, 0.2) is 22.8 Å². The van der Waals surface area contributed by atoms with Crippen molar-refractivity contribution < 1.29 is 9.59 Å². The highest BCUT2D eigenvalue weighted by atomic mass is 79.9. The molecule has 0 unspecified atom stereocenters. The largest absolute Gasteiger partial charge is 0.341 e. The molecule has 6 heteroatoms. The Morgan fingerprint density at radius 3 is 2.53 bits per heavy atom. The number of carbonyl (C=O) groups excluding carboxylic acids is 2. The first-order valence-electron chi connectivity index (χ1n) is 6.25. The van der Waals surface area contributed by atoms with Crippen LogP contribution in [0.4, 0.5) is 0 Å². The molecule has 1 aromatic rings. The van der Waals surface area contributed by atoms with E-state index in [2.05, 4.69) is 20.9 Å². The second-order valence-corrected chi connectivity index (χ2v) is 5.31. The van der Waals surface area contributed by atoms with Crippen molar-refractivity contribution in [2.75, 3.05) is 26.2 Å². The zero-order chi connectivity index (χ0) is 13.8. The Labute approximate surface area is 120 Å². The first-order chi connectivity index (χ1) is 9.08. The van der Waals surface area contributed by atoms with E-state index in [1.165, 1.54) is 0 Å². The lowest BCUT2D eigenvalue weighted by molar-refractivity contribution is -0.128. The lowest BCUT2D eigenvalue weighted by Gasteiger charge is -2.21. The third kappa shape index (κ3) is 3.53. The van der Waals surface area contributed by atoms with Gasteiger partial charge in [-0.1, -0.05) is 6.07 Å². The Hall–Kier alpha value is -1.43. The quantitative estimate of drug-likeness (QED) is 0.736. The molecule has 0 aliphatic carbocycles. The van der Waals surface area contributed by atoms with Gasteiger partial charge in [0.15, 0.2) is 0 Å². The minimum absolute atomic E-state index is 0.0647. The fourth-order valence-corrected chi connectivity index (χ4v) is 2.47. The van der Waals surface area contributed by atoms with Crippen LogP contribution in [0.5, 0.6) is 0 Å². The summed E-state index contributed by atoms with van der Waals surface area (Å²) >= 11 is 3.26. The molecule has 0 atom stereocenters. The van der Waals surface area contributed by atoms with Crippen LogP contribution in [0.1, 0.15) is 23.8 Å². The summed E-state index contributed by atoms with van der Waals surface area (Å²) in [5, 5.41) is 0. The van der Waals surface area contributed by atoms with Crippen LogP contribution in [0.2, 0.25) is 0 Å². The molecule has 1 saturated heterocycles. The molecule has 2 heterocycles. The van der Waals surface area contributed by atoms with Crippen LogP contribution in [0, 0.1) is 0 Å². The molecule has 1 aromatic heterocycles. The standard InChI is InChI=1S/C13H16BrN3O2/c1-10(18)16-6-3-7-17(9-8-16)13(19)11-4-2-5-12(14)15-11/h2,4-5H,3,6-9H2,1H3.